The number of rotatable bonds is 7. The Labute approximate surface area is 120 Å². The minimum Gasteiger partial charge on any atom is -0.477 e. The van der Waals surface area contributed by atoms with Gasteiger partial charge in [0, 0.05) is 20.0 Å². The van der Waals surface area contributed by atoms with Crippen molar-refractivity contribution in [3.05, 3.63) is 17.0 Å². The summed E-state index contributed by atoms with van der Waals surface area (Å²) in [7, 11) is -1.07. The van der Waals surface area contributed by atoms with Crippen LogP contribution in [0.2, 0.25) is 0 Å². The molecule has 0 aliphatic heterocycles. The fourth-order valence-corrected chi connectivity index (χ4v) is 3.96. The van der Waals surface area contributed by atoms with Crippen molar-refractivity contribution in [1.29, 1.82) is 0 Å². The summed E-state index contributed by atoms with van der Waals surface area (Å²) in [4.78, 5) is 21.6. The van der Waals surface area contributed by atoms with E-state index in [0.29, 0.717) is 17.8 Å². The van der Waals surface area contributed by atoms with E-state index in [1.807, 2.05) is 0 Å². The van der Waals surface area contributed by atoms with E-state index >= 15 is 0 Å². The lowest BCUT2D eigenvalue weighted by molar-refractivity contribution is -0.140. The van der Waals surface area contributed by atoms with Crippen molar-refractivity contribution in [3.8, 4) is 0 Å². The molecular formula is C11H15NO6S2. The zero-order valence-corrected chi connectivity index (χ0v) is 12.7. The normalized spacial score (nSPS) is 11.6. The second-order valence-corrected chi connectivity index (χ2v) is 7.29. The molecule has 0 radical (unpaired) electrons. The molecule has 0 aliphatic rings. The molecule has 0 amide bonds. The van der Waals surface area contributed by atoms with Crippen molar-refractivity contribution in [2.24, 2.45) is 0 Å². The number of ether oxygens (including phenoxy) is 1. The van der Waals surface area contributed by atoms with Crippen LogP contribution in [-0.4, -0.2) is 50.5 Å². The summed E-state index contributed by atoms with van der Waals surface area (Å²) in [6.07, 6.45) is 0.459. The molecule has 7 nitrogen and oxygen atoms in total. The summed E-state index contributed by atoms with van der Waals surface area (Å²) in [5.41, 5.74) is 0. The number of carbonyl (C=O) groups excluding carboxylic acids is 1. The maximum atomic E-state index is 12.1. The highest BCUT2D eigenvalue weighted by Crippen LogP contribution is 2.24. The van der Waals surface area contributed by atoms with Gasteiger partial charge in [0.2, 0.25) is 0 Å². The van der Waals surface area contributed by atoms with Gasteiger partial charge in [-0.05, 0) is 18.6 Å². The molecule has 0 aromatic carbocycles. The summed E-state index contributed by atoms with van der Waals surface area (Å²) in [5.74, 6) is -1.56. The first-order chi connectivity index (χ1) is 9.28. The number of hydrogen-bond acceptors (Lipinski definition) is 6. The zero-order valence-electron chi connectivity index (χ0n) is 11.0. The van der Waals surface area contributed by atoms with Crippen molar-refractivity contribution in [2.75, 3.05) is 20.7 Å². The molecule has 0 saturated carbocycles. The molecule has 0 fully saturated rings. The number of carbonyl (C=O) groups is 2. The number of sulfonamides is 1. The smallest absolute Gasteiger partial charge is 0.345 e. The summed E-state index contributed by atoms with van der Waals surface area (Å²) in [5, 5.41) is 8.78. The van der Waals surface area contributed by atoms with Crippen LogP contribution in [0.25, 0.3) is 0 Å². The van der Waals surface area contributed by atoms with Gasteiger partial charge in [-0.3, -0.25) is 4.79 Å². The van der Waals surface area contributed by atoms with Gasteiger partial charge in [-0.2, -0.15) is 0 Å². The molecule has 1 heterocycles. The number of hydrogen-bond donors (Lipinski definition) is 1. The predicted octanol–water partition coefficient (Wildman–Crippen LogP) is 1.02. The second-order valence-electron chi connectivity index (χ2n) is 3.93. The van der Waals surface area contributed by atoms with Crippen molar-refractivity contribution in [3.63, 3.8) is 0 Å². The number of methoxy groups -OCH3 is 1. The van der Waals surface area contributed by atoms with Crippen LogP contribution < -0.4 is 0 Å². The van der Waals surface area contributed by atoms with Gasteiger partial charge in [0.15, 0.2) is 0 Å². The standard InChI is InChI=1S/C11H15NO6S2/c1-12(7-3-4-9(13)18-2)20(16,17)10-6-5-8(19-10)11(14)15/h5-6H,3-4,7H2,1-2H3,(H,14,15). The van der Waals surface area contributed by atoms with Crippen LogP contribution in [0, 0.1) is 0 Å². The fraction of sp³-hybridized carbons (Fsp3) is 0.455. The van der Waals surface area contributed by atoms with Gasteiger partial charge < -0.3 is 9.84 Å². The molecule has 1 N–H and O–H groups in total. The van der Waals surface area contributed by atoms with E-state index in [1.165, 1.54) is 26.3 Å². The molecule has 0 saturated heterocycles. The molecule has 20 heavy (non-hydrogen) atoms. The third-order valence-corrected chi connectivity index (χ3v) is 5.94. The number of carboxylic acid groups (broad SMARTS) is 1. The molecule has 1 aromatic heterocycles. The Balaban J connectivity index is 2.71. The Morgan fingerprint density at radius 3 is 2.55 bits per heavy atom. The minimum atomic E-state index is -3.72. The largest absolute Gasteiger partial charge is 0.477 e. The zero-order chi connectivity index (χ0) is 15.3. The quantitative estimate of drug-likeness (QED) is 0.752. The predicted molar refractivity (Wildman–Crippen MR) is 72.3 cm³/mol. The first kappa shape index (κ1) is 16.6. The number of thiophene rings is 1. The SMILES string of the molecule is COC(=O)CCCN(C)S(=O)(=O)c1ccc(C(=O)O)s1. The van der Waals surface area contributed by atoms with E-state index in [0.717, 1.165) is 4.31 Å². The first-order valence-corrected chi connectivity index (χ1v) is 7.91. The van der Waals surface area contributed by atoms with E-state index in [-0.39, 0.29) is 22.1 Å². The highest BCUT2D eigenvalue weighted by Gasteiger charge is 2.23. The Bertz CT molecular complexity index is 592. The topological polar surface area (TPSA) is 101 Å². The summed E-state index contributed by atoms with van der Waals surface area (Å²) >= 11 is 0.700. The van der Waals surface area contributed by atoms with Crippen LogP contribution in [-0.2, 0) is 19.6 Å². The summed E-state index contributed by atoms with van der Waals surface area (Å²) in [6, 6.07) is 2.52. The van der Waals surface area contributed by atoms with Gasteiger partial charge in [0.05, 0.1) is 7.11 Å². The van der Waals surface area contributed by atoms with Crippen molar-refractivity contribution in [1.82, 2.24) is 4.31 Å². The van der Waals surface area contributed by atoms with Crippen molar-refractivity contribution < 1.29 is 27.9 Å². The molecule has 0 atom stereocenters. The fourth-order valence-electron chi connectivity index (χ4n) is 1.40. The van der Waals surface area contributed by atoms with Crippen LogP contribution in [0.5, 0.6) is 0 Å². The lowest BCUT2D eigenvalue weighted by atomic mass is 10.3. The number of nitrogens with zero attached hydrogens (tertiary/aromatic N) is 1. The monoisotopic (exact) mass is 321 g/mol. The maximum Gasteiger partial charge on any atom is 0.345 e. The van der Waals surface area contributed by atoms with Crippen LogP contribution in [0.1, 0.15) is 22.5 Å². The van der Waals surface area contributed by atoms with Gasteiger partial charge in [0.1, 0.15) is 9.09 Å². The van der Waals surface area contributed by atoms with Crippen LogP contribution in [0.4, 0.5) is 0 Å². The second kappa shape index (κ2) is 6.82. The van der Waals surface area contributed by atoms with Gasteiger partial charge in [-0.1, -0.05) is 0 Å². The van der Waals surface area contributed by atoms with Gasteiger partial charge in [-0.15, -0.1) is 11.3 Å². The van der Waals surface area contributed by atoms with Crippen molar-refractivity contribution in [2.45, 2.75) is 17.1 Å². The Morgan fingerprint density at radius 2 is 2.05 bits per heavy atom. The highest BCUT2D eigenvalue weighted by molar-refractivity contribution is 7.91. The molecule has 0 spiro atoms. The number of esters is 1. The first-order valence-electron chi connectivity index (χ1n) is 5.65. The van der Waals surface area contributed by atoms with E-state index in [2.05, 4.69) is 4.74 Å². The average molecular weight is 321 g/mol. The van der Waals surface area contributed by atoms with Gasteiger partial charge >= 0.3 is 11.9 Å². The lowest BCUT2D eigenvalue weighted by Gasteiger charge is -2.15. The molecule has 112 valence electrons. The number of carboxylic acids is 1. The Morgan fingerprint density at radius 1 is 1.40 bits per heavy atom. The van der Waals surface area contributed by atoms with E-state index in [1.54, 1.807) is 0 Å². The summed E-state index contributed by atoms with van der Waals surface area (Å²) in [6.45, 7) is 0.151. The van der Waals surface area contributed by atoms with Crippen LogP contribution >= 0.6 is 11.3 Å². The van der Waals surface area contributed by atoms with Gasteiger partial charge in [0.25, 0.3) is 10.0 Å². The number of aromatic carboxylic acids is 1. The Hall–Kier alpha value is -1.45. The van der Waals surface area contributed by atoms with Crippen LogP contribution in [0.15, 0.2) is 16.3 Å². The van der Waals surface area contributed by atoms with E-state index in [4.69, 9.17) is 5.11 Å². The Kier molecular flexibility index (Phi) is 5.66. The maximum absolute atomic E-state index is 12.1. The lowest BCUT2D eigenvalue weighted by Crippen LogP contribution is -2.27. The minimum absolute atomic E-state index is 0.0320. The third kappa shape index (κ3) is 4.02. The molecule has 1 rings (SSSR count). The molecule has 0 unspecified atom stereocenters. The molecule has 1 aromatic rings. The molecule has 0 aliphatic carbocycles. The molecule has 0 bridgehead atoms. The summed E-state index contributed by atoms with van der Waals surface area (Å²) < 4.78 is 29.8. The van der Waals surface area contributed by atoms with Gasteiger partial charge in [-0.25, -0.2) is 17.5 Å². The van der Waals surface area contributed by atoms with Crippen LogP contribution in [0.3, 0.4) is 0 Å². The average Bonchev–Trinajstić information content (AvgIpc) is 2.88. The van der Waals surface area contributed by atoms with E-state index < -0.39 is 22.0 Å². The molecule has 9 heteroatoms. The van der Waals surface area contributed by atoms with E-state index in [9.17, 15) is 18.0 Å². The highest BCUT2D eigenvalue weighted by atomic mass is 32.2. The molecular weight excluding hydrogens is 306 g/mol. The third-order valence-electron chi connectivity index (χ3n) is 2.54. The van der Waals surface area contributed by atoms with Crippen molar-refractivity contribution >= 4 is 33.3 Å².